The fourth-order valence-corrected chi connectivity index (χ4v) is 2.16. The van der Waals surface area contributed by atoms with Crippen LogP contribution in [0.2, 0.25) is 5.02 Å². The lowest BCUT2D eigenvalue weighted by molar-refractivity contribution is 0.661. The van der Waals surface area contributed by atoms with E-state index in [0.29, 0.717) is 5.92 Å². The standard InChI is InChI=1S/C11H14ClN/c1-2-3-8-7-13-11-5-4-9(12)6-10(8)11/h4-6,8,13H,2-3,7H2,1H3. The molecule has 0 bridgehead atoms. The lowest BCUT2D eigenvalue weighted by atomic mass is 9.97. The first-order chi connectivity index (χ1) is 6.31. The molecule has 0 aliphatic carbocycles. The Bertz CT molecular complexity index is 307. The second kappa shape index (κ2) is 3.59. The summed E-state index contributed by atoms with van der Waals surface area (Å²) in [6, 6.07) is 6.12. The van der Waals surface area contributed by atoms with Gasteiger partial charge >= 0.3 is 0 Å². The maximum atomic E-state index is 5.96. The van der Waals surface area contributed by atoms with E-state index in [1.165, 1.54) is 24.1 Å². The molecule has 1 aliphatic rings. The summed E-state index contributed by atoms with van der Waals surface area (Å²) in [6.45, 7) is 3.30. The van der Waals surface area contributed by atoms with Gasteiger partial charge in [-0.25, -0.2) is 0 Å². The molecule has 1 aromatic carbocycles. The first kappa shape index (κ1) is 8.89. The Labute approximate surface area is 84.1 Å². The van der Waals surface area contributed by atoms with Crippen molar-refractivity contribution >= 4 is 17.3 Å². The molecule has 0 aromatic heterocycles. The van der Waals surface area contributed by atoms with Crippen LogP contribution in [0.4, 0.5) is 5.69 Å². The van der Waals surface area contributed by atoms with Gasteiger partial charge in [0.05, 0.1) is 0 Å². The van der Waals surface area contributed by atoms with Gasteiger partial charge in [0.1, 0.15) is 0 Å². The molecule has 0 saturated carbocycles. The monoisotopic (exact) mass is 195 g/mol. The first-order valence-corrected chi connectivity index (χ1v) is 5.22. The van der Waals surface area contributed by atoms with E-state index in [1.54, 1.807) is 0 Å². The molecule has 0 saturated heterocycles. The molecule has 1 aliphatic heterocycles. The minimum Gasteiger partial charge on any atom is -0.384 e. The zero-order valence-corrected chi connectivity index (χ0v) is 8.56. The van der Waals surface area contributed by atoms with Crippen molar-refractivity contribution in [2.75, 3.05) is 11.9 Å². The zero-order valence-electron chi connectivity index (χ0n) is 7.81. The molecule has 13 heavy (non-hydrogen) atoms. The number of anilines is 1. The minimum atomic E-state index is 0.665. The molecule has 0 spiro atoms. The molecule has 0 radical (unpaired) electrons. The highest BCUT2D eigenvalue weighted by Gasteiger charge is 2.20. The molecule has 2 heteroatoms. The summed E-state index contributed by atoms with van der Waals surface area (Å²) < 4.78 is 0. The highest BCUT2D eigenvalue weighted by atomic mass is 35.5. The Morgan fingerprint density at radius 2 is 2.38 bits per heavy atom. The van der Waals surface area contributed by atoms with Gasteiger partial charge in [0.2, 0.25) is 0 Å². The van der Waals surface area contributed by atoms with Crippen molar-refractivity contribution in [3.63, 3.8) is 0 Å². The fourth-order valence-electron chi connectivity index (χ4n) is 1.98. The Morgan fingerprint density at radius 3 is 3.15 bits per heavy atom. The molecule has 1 N–H and O–H groups in total. The predicted molar refractivity (Wildman–Crippen MR) is 57.6 cm³/mol. The minimum absolute atomic E-state index is 0.665. The van der Waals surface area contributed by atoms with E-state index in [-0.39, 0.29) is 0 Å². The van der Waals surface area contributed by atoms with Crippen LogP contribution in [-0.4, -0.2) is 6.54 Å². The van der Waals surface area contributed by atoms with Gasteiger partial charge in [0, 0.05) is 23.2 Å². The molecule has 1 aromatic rings. The maximum absolute atomic E-state index is 5.96. The lowest BCUT2D eigenvalue weighted by Crippen LogP contribution is -2.00. The van der Waals surface area contributed by atoms with Gasteiger partial charge in [-0.15, -0.1) is 0 Å². The van der Waals surface area contributed by atoms with Crippen LogP contribution >= 0.6 is 11.6 Å². The molecular weight excluding hydrogens is 182 g/mol. The van der Waals surface area contributed by atoms with E-state index in [1.807, 2.05) is 6.07 Å². The Balaban J connectivity index is 2.29. The van der Waals surface area contributed by atoms with Gasteiger partial charge in [-0.1, -0.05) is 24.9 Å². The number of fused-ring (bicyclic) bond motifs is 1. The second-order valence-electron chi connectivity index (χ2n) is 3.60. The molecule has 0 amide bonds. The van der Waals surface area contributed by atoms with Gasteiger partial charge < -0.3 is 5.32 Å². The van der Waals surface area contributed by atoms with Crippen molar-refractivity contribution in [2.24, 2.45) is 0 Å². The first-order valence-electron chi connectivity index (χ1n) is 4.84. The van der Waals surface area contributed by atoms with E-state index < -0.39 is 0 Å². The molecule has 0 fully saturated rings. The van der Waals surface area contributed by atoms with Crippen LogP contribution < -0.4 is 5.32 Å². The summed E-state index contributed by atoms with van der Waals surface area (Å²) in [5.74, 6) is 0.665. The second-order valence-corrected chi connectivity index (χ2v) is 4.03. The number of hydrogen-bond donors (Lipinski definition) is 1. The third kappa shape index (κ3) is 1.66. The van der Waals surface area contributed by atoms with Gasteiger partial charge in [-0.3, -0.25) is 0 Å². The van der Waals surface area contributed by atoms with Gasteiger partial charge in [-0.2, -0.15) is 0 Å². The molecule has 1 nitrogen and oxygen atoms in total. The fraction of sp³-hybridized carbons (Fsp3) is 0.455. The van der Waals surface area contributed by atoms with Crippen molar-refractivity contribution in [1.82, 2.24) is 0 Å². The normalized spacial score (nSPS) is 19.7. The van der Waals surface area contributed by atoms with Crippen molar-refractivity contribution in [3.05, 3.63) is 28.8 Å². The van der Waals surface area contributed by atoms with Crippen LogP contribution in [0.15, 0.2) is 18.2 Å². The zero-order chi connectivity index (χ0) is 9.26. The molecule has 1 heterocycles. The van der Waals surface area contributed by atoms with Gasteiger partial charge in [0.25, 0.3) is 0 Å². The number of rotatable bonds is 2. The summed E-state index contributed by atoms with van der Waals surface area (Å²) >= 11 is 5.96. The SMILES string of the molecule is CCCC1CNc2ccc(Cl)cc21. The summed E-state index contributed by atoms with van der Waals surface area (Å²) in [5.41, 5.74) is 2.66. The Kier molecular flexibility index (Phi) is 2.45. The van der Waals surface area contributed by atoms with E-state index in [2.05, 4.69) is 24.4 Å². The Hall–Kier alpha value is -0.690. The summed E-state index contributed by atoms with van der Waals surface area (Å²) in [6.07, 6.45) is 2.48. The quantitative estimate of drug-likeness (QED) is 0.760. The third-order valence-corrected chi connectivity index (χ3v) is 2.86. The molecule has 1 unspecified atom stereocenters. The number of hydrogen-bond acceptors (Lipinski definition) is 1. The van der Waals surface area contributed by atoms with Crippen molar-refractivity contribution in [2.45, 2.75) is 25.7 Å². The molecule has 70 valence electrons. The average molecular weight is 196 g/mol. The largest absolute Gasteiger partial charge is 0.384 e. The number of halogens is 1. The van der Waals surface area contributed by atoms with Crippen molar-refractivity contribution in [3.8, 4) is 0 Å². The van der Waals surface area contributed by atoms with E-state index in [4.69, 9.17) is 11.6 Å². The summed E-state index contributed by atoms with van der Waals surface area (Å²) in [5, 5.41) is 4.25. The van der Waals surface area contributed by atoms with Gasteiger partial charge in [0.15, 0.2) is 0 Å². The highest BCUT2D eigenvalue weighted by Crippen LogP contribution is 2.35. The van der Waals surface area contributed by atoms with Crippen LogP contribution in [0.25, 0.3) is 0 Å². The van der Waals surface area contributed by atoms with Crippen LogP contribution in [-0.2, 0) is 0 Å². The smallest absolute Gasteiger partial charge is 0.0410 e. The maximum Gasteiger partial charge on any atom is 0.0410 e. The molecule has 2 rings (SSSR count). The summed E-state index contributed by atoms with van der Waals surface area (Å²) in [4.78, 5) is 0. The third-order valence-electron chi connectivity index (χ3n) is 2.63. The van der Waals surface area contributed by atoms with Crippen LogP contribution in [0.5, 0.6) is 0 Å². The van der Waals surface area contributed by atoms with Crippen molar-refractivity contribution < 1.29 is 0 Å². The van der Waals surface area contributed by atoms with E-state index >= 15 is 0 Å². The highest BCUT2D eigenvalue weighted by molar-refractivity contribution is 6.30. The number of benzene rings is 1. The number of nitrogens with one attached hydrogen (secondary N) is 1. The Morgan fingerprint density at radius 1 is 1.54 bits per heavy atom. The topological polar surface area (TPSA) is 12.0 Å². The van der Waals surface area contributed by atoms with E-state index in [0.717, 1.165) is 11.6 Å². The predicted octanol–water partition coefficient (Wildman–Crippen LogP) is 3.65. The van der Waals surface area contributed by atoms with Crippen molar-refractivity contribution in [1.29, 1.82) is 0 Å². The average Bonchev–Trinajstić information content (AvgIpc) is 2.49. The van der Waals surface area contributed by atoms with E-state index in [9.17, 15) is 0 Å². The van der Waals surface area contributed by atoms with Crippen LogP contribution in [0, 0.1) is 0 Å². The van der Waals surface area contributed by atoms with Crippen LogP contribution in [0.3, 0.4) is 0 Å². The summed E-state index contributed by atoms with van der Waals surface area (Å²) in [7, 11) is 0. The molecule has 1 atom stereocenters. The molecular formula is C11H14ClN. The lowest BCUT2D eigenvalue weighted by Gasteiger charge is -2.07. The van der Waals surface area contributed by atoms with Crippen LogP contribution in [0.1, 0.15) is 31.2 Å². The van der Waals surface area contributed by atoms with Gasteiger partial charge in [-0.05, 0) is 30.2 Å².